The van der Waals surface area contributed by atoms with E-state index in [1.807, 2.05) is 13.0 Å². The molecule has 0 amide bonds. The average molecular weight is 307 g/mol. The molecule has 0 atom stereocenters. The van der Waals surface area contributed by atoms with E-state index in [0.717, 1.165) is 5.56 Å². The Hall–Kier alpha value is -2.40. The lowest BCUT2D eigenvalue weighted by molar-refractivity contribution is 0.318. The summed E-state index contributed by atoms with van der Waals surface area (Å²) in [6.07, 6.45) is 0. The molecule has 0 spiro atoms. The van der Waals surface area contributed by atoms with Crippen LogP contribution in [0.5, 0.6) is 17.2 Å². The van der Waals surface area contributed by atoms with Crippen molar-refractivity contribution in [2.45, 2.75) is 6.92 Å². The summed E-state index contributed by atoms with van der Waals surface area (Å²) in [4.78, 5) is 0. The summed E-state index contributed by atoms with van der Waals surface area (Å²) in [5.41, 5.74) is 7.10. The number of halogens is 1. The van der Waals surface area contributed by atoms with E-state index in [9.17, 15) is 0 Å². The number of amidine groups is 1. The minimum atomic E-state index is -0.0589. The predicted molar refractivity (Wildman–Crippen MR) is 81.8 cm³/mol. The molecule has 3 N–H and O–H groups in total. The van der Waals surface area contributed by atoms with Gasteiger partial charge >= 0.3 is 0 Å². The summed E-state index contributed by atoms with van der Waals surface area (Å²) in [7, 11) is 1.54. The zero-order valence-electron chi connectivity index (χ0n) is 11.6. The molecule has 2 aromatic carbocycles. The fourth-order valence-corrected chi connectivity index (χ4v) is 1.94. The monoisotopic (exact) mass is 306 g/mol. The van der Waals surface area contributed by atoms with Gasteiger partial charge in [0.1, 0.15) is 17.2 Å². The Morgan fingerprint density at radius 2 is 1.95 bits per heavy atom. The number of methoxy groups -OCH3 is 1. The van der Waals surface area contributed by atoms with E-state index in [0.29, 0.717) is 27.8 Å². The first-order valence-electron chi connectivity index (χ1n) is 6.15. The van der Waals surface area contributed by atoms with Crippen LogP contribution >= 0.6 is 11.6 Å². The van der Waals surface area contributed by atoms with Gasteiger partial charge in [0.2, 0.25) is 0 Å². The Bertz CT molecular complexity index is 687. The van der Waals surface area contributed by atoms with Gasteiger partial charge in [-0.1, -0.05) is 22.8 Å². The molecule has 0 heterocycles. The molecule has 2 aromatic rings. The molecule has 0 saturated heterocycles. The Kier molecular flexibility index (Phi) is 4.55. The van der Waals surface area contributed by atoms with Crippen molar-refractivity contribution in [2.75, 3.05) is 7.11 Å². The van der Waals surface area contributed by atoms with E-state index in [-0.39, 0.29) is 5.84 Å². The van der Waals surface area contributed by atoms with Crippen molar-refractivity contribution < 1.29 is 14.7 Å². The van der Waals surface area contributed by atoms with Gasteiger partial charge in [-0.25, -0.2) is 0 Å². The molecule has 0 unspecified atom stereocenters. The van der Waals surface area contributed by atoms with Crippen LogP contribution in [0, 0.1) is 6.92 Å². The van der Waals surface area contributed by atoms with Crippen LogP contribution in [-0.4, -0.2) is 18.2 Å². The lowest BCUT2D eigenvalue weighted by Gasteiger charge is -2.13. The van der Waals surface area contributed by atoms with E-state index < -0.39 is 0 Å². The number of ether oxygens (including phenoxy) is 2. The summed E-state index contributed by atoms with van der Waals surface area (Å²) >= 11 is 6.12. The minimum absolute atomic E-state index is 0.0589. The number of hydrogen-bond acceptors (Lipinski definition) is 4. The van der Waals surface area contributed by atoms with Crippen molar-refractivity contribution in [2.24, 2.45) is 10.9 Å². The SMILES string of the molecule is COc1ccc(/C(N)=N/O)c(Oc2cc(C)ccc2Cl)c1. The maximum Gasteiger partial charge on any atom is 0.173 e. The highest BCUT2D eigenvalue weighted by molar-refractivity contribution is 6.32. The number of benzene rings is 2. The molecule has 0 aliphatic rings. The van der Waals surface area contributed by atoms with Crippen LogP contribution in [0.3, 0.4) is 0 Å². The van der Waals surface area contributed by atoms with Gasteiger partial charge in [0, 0.05) is 6.07 Å². The maximum absolute atomic E-state index is 8.85. The van der Waals surface area contributed by atoms with Gasteiger partial charge in [0.15, 0.2) is 5.84 Å². The molecular weight excluding hydrogens is 292 g/mol. The average Bonchev–Trinajstić information content (AvgIpc) is 2.50. The molecule has 2 rings (SSSR count). The van der Waals surface area contributed by atoms with E-state index >= 15 is 0 Å². The second-order valence-corrected chi connectivity index (χ2v) is 4.79. The topological polar surface area (TPSA) is 77.1 Å². The van der Waals surface area contributed by atoms with E-state index in [4.69, 9.17) is 32.0 Å². The molecule has 0 aliphatic heterocycles. The van der Waals surface area contributed by atoms with Gasteiger partial charge in [0.05, 0.1) is 17.7 Å². The third-order valence-corrected chi connectivity index (χ3v) is 3.19. The highest BCUT2D eigenvalue weighted by atomic mass is 35.5. The summed E-state index contributed by atoms with van der Waals surface area (Å²) in [5, 5.41) is 12.3. The van der Waals surface area contributed by atoms with Crippen LogP contribution in [0.1, 0.15) is 11.1 Å². The van der Waals surface area contributed by atoms with Gasteiger partial charge < -0.3 is 20.4 Å². The van der Waals surface area contributed by atoms with E-state index in [2.05, 4.69) is 5.16 Å². The Balaban J connectivity index is 2.48. The molecule has 0 aromatic heterocycles. The first kappa shape index (κ1) is 15.0. The predicted octanol–water partition coefficient (Wildman–Crippen LogP) is 3.54. The van der Waals surface area contributed by atoms with Crippen molar-refractivity contribution in [1.29, 1.82) is 0 Å². The van der Waals surface area contributed by atoms with Crippen LogP contribution in [0.4, 0.5) is 0 Å². The third-order valence-electron chi connectivity index (χ3n) is 2.88. The van der Waals surface area contributed by atoms with Gasteiger partial charge in [0.25, 0.3) is 0 Å². The number of nitrogens with two attached hydrogens (primary N) is 1. The highest BCUT2D eigenvalue weighted by Crippen LogP contribution is 2.34. The fraction of sp³-hybridized carbons (Fsp3) is 0.133. The molecule has 0 fully saturated rings. The van der Waals surface area contributed by atoms with Crippen molar-refractivity contribution in [1.82, 2.24) is 0 Å². The van der Waals surface area contributed by atoms with Crippen molar-refractivity contribution in [3.63, 3.8) is 0 Å². The molecule has 21 heavy (non-hydrogen) atoms. The smallest absolute Gasteiger partial charge is 0.173 e. The molecule has 0 aliphatic carbocycles. The number of rotatable bonds is 4. The van der Waals surface area contributed by atoms with Crippen LogP contribution < -0.4 is 15.2 Å². The number of nitrogens with zero attached hydrogens (tertiary/aromatic N) is 1. The number of oxime groups is 1. The largest absolute Gasteiger partial charge is 0.497 e. The molecule has 6 heteroatoms. The second-order valence-electron chi connectivity index (χ2n) is 4.38. The highest BCUT2D eigenvalue weighted by Gasteiger charge is 2.13. The summed E-state index contributed by atoms with van der Waals surface area (Å²) in [6, 6.07) is 10.4. The van der Waals surface area contributed by atoms with E-state index in [1.54, 1.807) is 37.4 Å². The molecule has 110 valence electrons. The Morgan fingerprint density at radius 1 is 1.19 bits per heavy atom. The van der Waals surface area contributed by atoms with Gasteiger partial charge in [-0.05, 0) is 36.8 Å². The lowest BCUT2D eigenvalue weighted by Crippen LogP contribution is -2.14. The number of hydrogen-bond donors (Lipinski definition) is 2. The summed E-state index contributed by atoms with van der Waals surface area (Å²) < 4.78 is 11.0. The first-order valence-corrected chi connectivity index (χ1v) is 6.53. The summed E-state index contributed by atoms with van der Waals surface area (Å²) in [5.74, 6) is 1.40. The number of aryl methyl sites for hydroxylation is 1. The van der Waals surface area contributed by atoms with Gasteiger partial charge in [-0.3, -0.25) is 0 Å². The van der Waals surface area contributed by atoms with Crippen molar-refractivity contribution in [3.05, 3.63) is 52.5 Å². The Morgan fingerprint density at radius 3 is 2.62 bits per heavy atom. The molecule has 5 nitrogen and oxygen atoms in total. The standard InChI is InChI=1S/C15H15ClN2O3/c1-9-3-6-12(16)14(7-9)21-13-8-10(20-2)4-5-11(13)15(17)18-19/h3-8,19H,1-2H3,(H2,17,18). The maximum atomic E-state index is 8.85. The Labute approximate surface area is 127 Å². The van der Waals surface area contributed by atoms with Crippen LogP contribution in [0.25, 0.3) is 0 Å². The van der Waals surface area contributed by atoms with Crippen molar-refractivity contribution in [3.8, 4) is 17.2 Å². The quantitative estimate of drug-likeness (QED) is 0.392. The molecule has 0 saturated carbocycles. The van der Waals surface area contributed by atoms with E-state index in [1.165, 1.54) is 0 Å². The van der Waals surface area contributed by atoms with Crippen LogP contribution in [0.15, 0.2) is 41.6 Å². The fourth-order valence-electron chi connectivity index (χ4n) is 1.79. The van der Waals surface area contributed by atoms with Crippen LogP contribution in [0.2, 0.25) is 5.02 Å². The summed E-state index contributed by atoms with van der Waals surface area (Å²) in [6.45, 7) is 1.93. The van der Waals surface area contributed by atoms with Gasteiger partial charge in [-0.15, -0.1) is 0 Å². The normalized spacial score (nSPS) is 11.3. The first-order chi connectivity index (χ1) is 10.0. The minimum Gasteiger partial charge on any atom is -0.497 e. The molecular formula is C15H15ClN2O3. The molecule has 0 bridgehead atoms. The zero-order valence-corrected chi connectivity index (χ0v) is 12.4. The molecule has 0 radical (unpaired) electrons. The van der Waals surface area contributed by atoms with Gasteiger partial charge in [-0.2, -0.15) is 0 Å². The van der Waals surface area contributed by atoms with Crippen LogP contribution in [-0.2, 0) is 0 Å². The second kappa shape index (κ2) is 6.37. The third kappa shape index (κ3) is 3.38. The van der Waals surface area contributed by atoms with Crippen molar-refractivity contribution >= 4 is 17.4 Å². The lowest BCUT2D eigenvalue weighted by atomic mass is 10.1. The zero-order chi connectivity index (χ0) is 15.4.